The maximum Gasteiger partial charge on any atom is 0.330 e. The Morgan fingerprint density at radius 2 is 1.69 bits per heavy atom. The third-order valence-electron chi connectivity index (χ3n) is 5.19. The predicted molar refractivity (Wildman–Crippen MR) is 114 cm³/mol. The zero-order valence-electron chi connectivity index (χ0n) is 16.8. The second-order valence-electron chi connectivity index (χ2n) is 7.27. The average molecular weight is 394 g/mol. The summed E-state index contributed by atoms with van der Waals surface area (Å²) >= 11 is 0. The molecule has 0 heterocycles. The lowest BCUT2D eigenvalue weighted by Crippen LogP contribution is -1.98. The third kappa shape index (κ3) is 5.57. The minimum Gasteiger partial charge on any atom is -0.505 e. The van der Waals surface area contributed by atoms with E-state index in [0.29, 0.717) is 6.61 Å². The molecule has 3 rings (SSSR count). The van der Waals surface area contributed by atoms with Crippen LogP contribution in [0, 0.1) is 5.82 Å². The van der Waals surface area contributed by atoms with Crippen molar-refractivity contribution in [3.63, 3.8) is 0 Å². The number of allylic oxidation sites excluding steroid dienone is 1. The number of phenolic OH excluding ortho intramolecular Hbond substituents is 1. The van der Waals surface area contributed by atoms with Crippen LogP contribution in [0.25, 0.3) is 11.6 Å². The quantitative estimate of drug-likeness (QED) is 0.370. The second kappa shape index (κ2) is 10.1. The van der Waals surface area contributed by atoms with Crippen molar-refractivity contribution in [2.75, 3.05) is 6.61 Å². The van der Waals surface area contributed by atoms with Crippen molar-refractivity contribution in [3.8, 4) is 5.75 Å². The molecule has 0 saturated heterocycles. The standard InChI is InChI=1S/C25H27FO3/c1-2-29-24(28)16-11-18-9-12-20(13-10-18)25(19-7-5-3-4-6-8-19)21-14-15-23(27)22(26)17-21/h9-17,27H,2-8H2,1H3. The zero-order valence-corrected chi connectivity index (χ0v) is 16.8. The Labute approximate surface area is 171 Å². The van der Waals surface area contributed by atoms with Crippen LogP contribution in [0.3, 0.4) is 0 Å². The lowest BCUT2D eigenvalue weighted by molar-refractivity contribution is -0.137. The lowest BCUT2D eigenvalue weighted by Gasteiger charge is -2.16. The van der Waals surface area contributed by atoms with Crippen molar-refractivity contribution in [3.05, 3.63) is 76.6 Å². The van der Waals surface area contributed by atoms with Gasteiger partial charge in [0, 0.05) is 6.08 Å². The molecule has 2 aromatic carbocycles. The van der Waals surface area contributed by atoms with Gasteiger partial charge in [0.15, 0.2) is 11.6 Å². The highest BCUT2D eigenvalue weighted by molar-refractivity contribution is 5.87. The van der Waals surface area contributed by atoms with Gasteiger partial charge in [0.2, 0.25) is 0 Å². The van der Waals surface area contributed by atoms with E-state index < -0.39 is 5.82 Å². The van der Waals surface area contributed by atoms with Gasteiger partial charge in [-0.05, 0) is 73.1 Å². The van der Waals surface area contributed by atoms with Gasteiger partial charge in [0.1, 0.15) is 0 Å². The van der Waals surface area contributed by atoms with Gasteiger partial charge >= 0.3 is 5.97 Å². The van der Waals surface area contributed by atoms with Gasteiger partial charge in [-0.3, -0.25) is 0 Å². The average Bonchev–Trinajstić information content (AvgIpc) is 3.00. The minimum absolute atomic E-state index is 0.335. The highest BCUT2D eigenvalue weighted by Gasteiger charge is 2.16. The van der Waals surface area contributed by atoms with E-state index in [2.05, 4.69) is 0 Å². The van der Waals surface area contributed by atoms with Crippen molar-refractivity contribution in [2.24, 2.45) is 0 Å². The summed E-state index contributed by atoms with van der Waals surface area (Å²) in [6.07, 6.45) is 9.86. The monoisotopic (exact) mass is 394 g/mol. The highest BCUT2D eigenvalue weighted by Crippen LogP contribution is 2.35. The molecular weight excluding hydrogens is 367 g/mol. The summed E-state index contributed by atoms with van der Waals surface area (Å²) < 4.78 is 19.0. The molecule has 0 aromatic heterocycles. The molecule has 0 aliphatic heterocycles. The Balaban J connectivity index is 1.97. The molecule has 1 saturated carbocycles. The first-order chi connectivity index (χ1) is 14.1. The second-order valence-corrected chi connectivity index (χ2v) is 7.27. The molecule has 1 fully saturated rings. The van der Waals surface area contributed by atoms with Crippen LogP contribution in [0.4, 0.5) is 4.39 Å². The fourth-order valence-electron chi connectivity index (χ4n) is 3.76. The summed E-state index contributed by atoms with van der Waals surface area (Å²) in [5.74, 6) is -1.31. The number of hydrogen-bond acceptors (Lipinski definition) is 3. The number of carbonyl (C=O) groups excluding carboxylic acids is 1. The van der Waals surface area contributed by atoms with E-state index in [4.69, 9.17) is 4.74 Å². The van der Waals surface area contributed by atoms with Crippen LogP contribution in [0.15, 0.2) is 54.1 Å². The summed E-state index contributed by atoms with van der Waals surface area (Å²) in [4.78, 5) is 11.5. The van der Waals surface area contributed by atoms with Gasteiger partial charge in [-0.1, -0.05) is 48.7 Å². The van der Waals surface area contributed by atoms with Crippen molar-refractivity contribution in [1.29, 1.82) is 0 Å². The number of rotatable bonds is 5. The van der Waals surface area contributed by atoms with Crippen LogP contribution in [0.5, 0.6) is 5.75 Å². The number of esters is 1. The summed E-state index contributed by atoms with van der Waals surface area (Å²) in [5, 5.41) is 9.59. The lowest BCUT2D eigenvalue weighted by atomic mass is 9.89. The van der Waals surface area contributed by atoms with Crippen molar-refractivity contribution < 1.29 is 19.0 Å². The summed E-state index contributed by atoms with van der Waals surface area (Å²) in [7, 11) is 0. The largest absolute Gasteiger partial charge is 0.505 e. The molecule has 1 aliphatic carbocycles. The fraction of sp³-hybridized carbons (Fsp3) is 0.320. The highest BCUT2D eigenvalue weighted by atomic mass is 19.1. The zero-order chi connectivity index (χ0) is 20.6. The van der Waals surface area contributed by atoms with Crippen LogP contribution in [-0.2, 0) is 9.53 Å². The van der Waals surface area contributed by atoms with Crippen LogP contribution in [-0.4, -0.2) is 17.7 Å². The molecule has 1 N–H and O–H groups in total. The first-order valence-corrected chi connectivity index (χ1v) is 10.2. The topological polar surface area (TPSA) is 46.5 Å². The Kier molecular flexibility index (Phi) is 7.23. The van der Waals surface area contributed by atoms with Crippen LogP contribution >= 0.6 is 0 Å². The number of halogens is 1. The molecule has 152 valence electrons. The Morgan fingerprint density at radius 1 is 1.03 bits per heavy atom. The molecule has 0 bridgehead atoms. The molecule has 3 nitrogen and oxygen atoms in total. The Morgan fingerprint density at radius 3 is 2.31 bits per heavy atom. The number of benzene rings is 2. The Hall–Kier alpha value is -2.88. The van der Waals surface area contributed by atoms with Gasteiger partial charge < -0.3 is 9.84 Å². The van der Waals surface area contributed by atoms with E-state index in [-0.39, 0.29) is 11.7 Å². The number of carbonyl (C=O) groups is 1. The SMILES string of the molecule is CCOC(=O)C=Cc1ccc(C(=C2CCCCCC2)c2ccc(O)c(F)c2)cc1. The van der Waals surface area contributed by atoms with Crippen molar-refractivity contribution >= 4 is 17.6 Å². The van der Waals surface area contributed by atoms with Crippen molar-refractivity contribution in [2.45, 2.75) is 45.4 Å². The molecule has 4 heteroatoms. The van der Waals surface area contributed by atoms with E-state index in [0.717, 1.165) is 47.9 Å². The number of aromatic hydroxyl groups is 1. The molecular formula is C25H27FO3. The van der Waals surface area contributed by atoms with E-state index in [1.54, 1.807) is 19.1 Å². The summed E-state index contributed by atoms with van der Waals surface area (Å²) in [5.41, 5.74) is 5.07. The van der Waals surface area contributed by atoms with Gasteiger partial charge in [-0.15, -0.1) is 0 Å². The molecule has 0 atom stereocenters. The minimum atomic E-state index is -0.608. The molecule has 0 unspecified atom stereocenters. The third-order valence-corrected chi connectivity index (χ3v) is 5.19. The van der Waals surface area contributed by atoms with E-state index >= 15 is 0 Å². The first-order valence-electron chi connectivity index (χ1n) is 10.2. The molecule has 2 aromatic rings. The van der Waals surface area contributed by atoms with Crippen molar-refractivity contribution in [1.82, 2.24) is 0 Å². The Bertz CT molecular complexity index is 900. The van der Waals surface area contributed by atoms with E-state index in [1.165, 1.54) is 36.6 Å². The number of ether oxygens (including phenoxy) is 1. The number of phenols is 1. The number of hydrogen-bond donors (Lipinski definition) is 1. The van der Waals surface area contributed by atoms with Gasteiger partial charge in [0.25, 0.3) is 0 Å². The smallest absolute Gasteiger partial charge is 0.330 e. The maximum absolute atomic E-state index is 14.1. The van der Waals surface area contributed by atoms with E-state index in [1.807, 2.05) is 24.3 Å². The summed E-state index contributed by atoms with van der Waals surface area (Å²) in [6, 6.07) is 12.5. The molecule has 0 amide bonds. The van der Waals surface area contributed by atoms with Crippen LogP contribution < -0.4 is 0 Å². The van der Waals surface area contributed by atoms with Crippen LogP contribution in [0.2, 0.25) is 0 Å². The van der Waals surface area contributed by atoms with Gasteiger partial charge in [0.05, 0.1) is 6.61 Å². The normalized spacial score (nSPS) is 14.6. The summed E-state index contributed by atoms with van der Waals surface area (Å²) in [6.45, 7) is 2.12. The first kappa shape index (κ1) is 20.8. The maximum atomic E-state index is 14.1. The van der Waals surface area contributed by atoms with Gasteiger partial charge in [-0.25, -0.2) is 9.18 Å². The molecule has 29 heavy (non-hydrogen) atoms. The fourth-order valence-corrected chi connectivity index (χ4v) is 3.76. The van der Waals surface area contributed by atoms with Crippen LogP contribution in [0.1, 0.15) is 62.1 Å². The molecule has 1 aliphatic rings. The van der Waals surface area contributed by atoms with E-state index in [9.17, 15) is 14.3 Å². The van der Waals surface area contributed by atoms with Gasteiger partial charge in [-0.2, -0.15) is 0 Å². The molecule has 0 spiro atoms. The predicted octanol–water partition coefficient (Wildman–Crippen LogP) is 6.26. The molecule has 0 radical (unpaired) electrons.